The second-order valence-electron chi connectivity index (χ2n) is 7.00. The maximum atomic E-state index is 11.7. The number of halogens is 1. The number of sulfone groups is 1. The molecule has 6 nitrogen and oxygen atoms in total. The number of aliphatic imine (C=N–C) groups is 1. The van der Waals surface area contributed by atoms with Gasteiger partial charge in [0.15, 0.2) is 15.8 Å². The lowest BCUT2D eigenvalue weighted by atomic mass is 10.1. The molecule has 166 valence electrons. The number of ether oxygens (including phenoxy) is 1. The molecule has 2 aromatic rings. The number of hydrogen-bond donors (Lipinski definition) is 2. The SMILES string of the molecule is CCCCOc1cccc(CNC(=NC)NCc2ccc(S(C)(=O)=O)c(C)c2)c1.I. The number of nitrogens with one attached hydrogen (secondary N) is 2. The summed E-state index contributed by atoms with van der Waals surface area (Å²) in [6.07, 6.45) is 3.38. The Kier molecular flexibility index (Phi) is 11.2. The molecule has 0 amide bonds. The molecular weight excluding hydrogens is 513 g/mol. The van der Waals surface area contributed by atoms with E-state index < -0.39 is 9.84 Å². The molecule has 0 radical (unpaired) electrons. The van der Waals surface area contributed by atoms with Crippen LogP contribution in [0, 0.1) is 6.92 Å². The Morgan fingerprint density at radius 1 is 1.07 bits per heavy atom. The standard InChI is InChI=1S/C22H31N3O3S.HI/c1-5-6-12-28-20-9-7-8-18(14-20)15-24-22(23-3)25-16-19-10-11-21(17(2)13-19)29(4,26)27;/h7-11,13-14H,5-6,12,15-16H2,1-4H3,(H2,23,24,25);1H. The van der Waals surface area contributed by atoms with Gasteiger partial charge in [0.2, 0.25) is 0 Å². The second-order valence-corrected chi connectivity index (χ2v) is 8.98. The van der Waals surface area contributed by atoms with E-state index in [1.54, 1.807) is 13.1 Å². The maximum Gasteiger partial charge on any atom is 0.191 e. The minimum absolute atomic E-state index is 0. The van der Waals surface area contributed by atoms with Gasteiger partial charge in [0.25, 0.3) is 0 Å². The molecule has 30 heavy (non-hydrogen) atoms. The molecule has 2 aromatic carbocycles. The topological polar surface area (TPSA) is 79.8 Å². The molecule has 0 aliphatic rings. The molecule has 8 heteroatoms. The van der Waals surface area contributed by atoms with Crippen molar-refractivity contribution in [1.29, 1.82) is 0 Å². The van der Waals surface area contributed by atoms with Crippen LogP contribution in [0.4, 0.5) is 0 Å². The summed E-state index contributed by atoms with van der Waals surface area (Å²) in [6, 6.07) is 13.4. The highest BCUT2D eigenvalue weighted by atomic mass is 127. The van der Waals surface area contributed by atoms with Gasteiger partial charge in [-0.1, -0.05) is 37.6 Å². The van der Waals surface area contributed by atoms with Gasteiger partial charge < -0.3 is 15.4 Å². The Morgan fingerprint density at radius 2 is 1.73 bits per heavy atom. The first kappa shape index (κ1) is 26.2. The van der Waals surface area contributed by atoms with E-state index in [4.69, 9.17) is 4.74 Å². The fraction of sp³-hybridized carbons (Fsp3) is 0.409. The first-order chi connectivity index (χ1) is 13.8. The highest BCUT2D eigenvalue weighted by Gasteiger charge is 2.11. The highest BCUT2D eigenvalue weighted by Crippen LogP contribution is 2.17. The molecule has 0 aromatic heterocycles. The van der Waals surface area contributed by atoms with Crippen molar-refractivity contribution in [3.63, 3.8) is 0 Å². The van der Waals surface area contributed by atoms with Crippen LogP contribution in [0.15, 0.2) is 52.4 Å². The molecule has 0 fully saturated rings. The van der Waals surface area contributed by atoms with Crippen LogP contribution in [0.2, 0.25) is 0 Å². The lowest BCUT2D eigenvalue weighted by Gasteiger charge is -2.14. The normalized spacial score (nSPS) is 11.5. The number of rotatable bonds is 9. The van der Waals surface area contributed by atoms with Crippen LogP contribution in [0.3, 0.4) is 0 Å². The number of aryl methyl sites for hydroxylation is 1. The molecule has 0 aliphatic heterocycles. The molecule has 0 aliphatic carbocycles. The fourth-order valence-electron chi connectivity index (χ4n) is 2.91. The zero-order valence-corrected chi connectivity index (χ0v) is 21.2. The Morgan fingerprint density at radius 3 is 2.30 bits per heavy atom. The van der Waals surface area contributed by atoms with Crippen molar-refractivity contribution in [2.24, 2.45) is 4.99 Å². The molecule has 0 spiro atoms. The third kappa shape index (κ3) is 8.51. The van der Waals surface area contributed by atoms with Gasteiger partial charge in [0, 0.05) is 26.4 Å². The van der Waals surface area contributed by atoms with Crippen LogP contribution < -0.4 is 15.4 Å². The van der Waals surface area contributed by atoms with Gasteiger partial charge in [-0.05, 0) is 48.2 Å². The van der Waals surface area contributed by atoms with E-state index in [-0.39, 0.29) is 24.0 Å². The third-order valence-electron chi connectivity index (χ3n) is 4.45. The molecule has 2 N–H and O–H groups in total. The fourth-order valence-corrected chi connectivity index (χ4v) is 3.87. The summed E-state index contributed by atoms with van der Waals surface area (Å²) >= 11 is 0. The number of unbranched alkanes of at least 4 members (excludes halogenated alkanes) is 1. The first-order valence-electron chi connectivity index (χ1n) is 9.79. The second kappa shape index (κ2) is 12.8. The van der Waals surface area contributed by atoms with Crippen molar-refractivity contribution in [3.8, 4) is 5.75 Å². The van der Waals surface area contributed by atoms with E-state index in [0.29, 0.717) is 23.9 Å². The number of benzene rings is 2. The van der Waals surface area contributed by atoms with Crippen LogP contribution in [0.5, 0.6) is 5.75 Å². The van der Waals surface area contributed by atoms with Crippen molar-refractivity contribution in [1.82, 2.24) is 10.6 Å². The summed E-state index contributed by atoms with van der Waals surface area (Å²) in [4.78, 5) is 4.61. The van der Waals surface area contributed by atoms with Crippen LogP contribution in [0.1, 0.15) is 36.5 Å². The Labute approximate surface area is 197 Å². The molecule has 0 bridgehead atoms. The van der Waals surface area contributed by atoms with E-state index in [2.05, 4.69) is 22.5 Å². The third-order valence-corrected chi connectivity index (χ3v) is 5.70. The van der Waals surface area contributed by atoms with E-state index >= 15 is 0 Å². The monoisotopic (exact) mass is 545 g/mol. The zero-order chi connectivity index (χ0) is 21.3. The smallest absolute Gasteiger partial charge is 0.191 e. The minimum atomic E-state index is -3.20. The van der Waals surface area contributed by atoms with E-state index in [0.717, 1.165) is 41.9 Å². The number of hydrogen-bond acceptors (Lipinski definition) is 4. The number of guanidine groups is 1. The molecule has 0 heterocycles. The maximum absolute atomic E-state index is 11.7. The van der Waals surface area contributed by atoms with E-state index in [9.17, 15) is 8.42 Å². The van der Waals surface area contributed by atoms with Crippen molar-refractivity contribution in [2.75, 3.05) is 19.9 Å². The predicted molar refractivity (Wildman–Crippen MR) is 134 cm³/mol. The summed E-state index contributed by atoms with van der Waals surface area (Å²) in [5.41, 5.74) is 2.84. The van der Waals surface area contributed by atoms with Crippen LogP contribution in [-0.2, 0) is 22.9 Å². The summed E-state index contributed by atoms with van der Waals surface area (Å²) in [5.74, 6) is 1.55. The highest BCUT2D eigenvalue weighted by molar-refractivity contribution is 14.0. The van der Waals surface area contributed by atoms with Crippen LogP contribution in [-0.4, -0.2) is 34.3 Å². The van der Waals surface area contributed by atoms with Crippen molar-refractivity contribution in [3.05, 3.63) is 59.2 Å². The van der Waals surface area contributed by atoms with E-state index in [1.807, 2.05) is 43.3 Å². The van der Waals surface area contributed by atoms with Crippen molar-refractivity contribution < 1.29 is 13.2 Å². The van der Waals surface area contributed by atoms with Crippen molar-refractivity contribution >= 4 is 39.8 Å². The molecule has 0 unspecified atom stereocenters. The Bertz CT molecular complexity index is 946. The van der Waals surface area contributed by atoms with Gasteiger partial charge in [-0.15, -0.1) is 24.0 Å². The average Bonchev–Trinajstić information content (AvgIpc) is 2.68. The van der Waals surface area contributed by atoms with Gasteiger partial charge >= 0.3 is 0 Å². The molecular formula is C22H32IN3O3S. The minimum Gasteiger partial charge on any atom is -0.494 e. The van der Waals surface area contributed by atoms with E-state index in [1.165, 1.54) is 6.26 Å². The Balaban J connectivity index is 0.00000450. The van der Waals surface area contributed by atoms with Gasteiger partial charge in [-0.25, -0.2) is 8.42 Å². The lowest BCUT2D eigenvalue weighted by Crippen LogP contribution is -2.36. The van der Waals surface area contributed by atoms with Gasteiger partial charge in [0.1, 0.15) is 5.75 Å². The summed E-state index contributed by atoms with van der Waals surface area (Å²) < 4.78 is 29.2. The average molecular weight is 545 g/mol. The van der Waals surface area contributed by atoms with Crippen molar-refractivity contribution in [2.45, 2.75) is 44.7 Å². The quantitative estimate of drug-likeness (QED) is 0.215. The molecule has 2 rings (SSSR count). The van der Waals surface area contributed by atoms with Crippen LogP contribution in [0.25, 0.3) is 0 Å². The predicted octanol–water partition coefficient (Wildman–Crippen LogP) is 4.06. The zero-order valence-electron chi connectivity index (χ0n) is 18.1. The summed E-state index contributed by atoms with van der Waals surface area (Å²) in [5, 5.41) is 6.54. The summed E-state index contributed by atoms with van der Waals surface area (Å²) in [7, 11) is -1.48. The van der Waals surface area contributed by atoms with Gasteiger partial charge in [-0.3, -0.25) is 4.99 Å². The Hall–Kier alpha value is -1.81. The number of nitrogens with zero attached hydrogens (tertiary/aromatic N) is 1. The summed E-state index contributed by atoms with van der Waals surface area (Å²) in [6.45, 7) is 5.85. The van der Waals surface area contributed by atoms with Gasteiger partial charge in [-0.2, -0.15) is 0 Å². The largest absolute Gasteiger partial charge is 0.494 e. The van der Waals surface area contributed by atoms with Crippen LogP contribution >= 0.6 is 24.0 Å². The first-order valence-corrected chi connectivity index (χ1v) is 11.7. The lowest BCUT2D eigenvalue weighted by molar-refractivity contribution is 0.309. The molecule has 0 saturated carbocycles. The van der Waals surface area contributed by atoms with Gasteiger partial charge in [0.05, 0.1) is 11.5 Å². The molecule has 0 atom stereocenters. The molecule has 0 saturated heterocycles.